The fourth-order valence-electron chi connectivity index (χ4n) is 2.93. The minimum Gasteiger partial charge on any atom is -0.324 e. The van der Waals surface area contributed by atoms with E-state index in [2.05, 4.69) is 15.7 Å². The topological polar surface area (TPSA) is 59.0 Å². The van der Waals surface area contributed by atoms with E-state index in [1.807, 2.05) is 31.3 Å². The van der Waals surface area contributed by atoms with E-state index in [0.29, 0.717) is 17.9 Å². The van der Waals surface area contributed by atoms with Crippen LogP contribution in [-0.4, -0.2) is 28.8 Å². The molecule has 0 spiro atoms. The van der Waals surface area contributed by atoms with Gasteiger partial charge in [0.05, 0.1) is 0 Å². The van der Waals surface area contributed by atoms with Gasteiger partial charge in [-0.2, -0.15) is 5.10 Å². The van der Waals surface area contributed by atoms with Crippen LogP contribution in [0.3, 0.4) is 0 Å². The normalized spacial score (nSPS) is 17.2. The van der Waals surface area contributed by atoms with Gasteiger partial charge in [-0.05, 0) is 62.7 Å². The van der Waals surface area contributed by atoms with Crippen LogP contribution in [0.1, 0.15) is 18.4 Å². The smallest absolute Gasteiger partial charge is 0.252 e. The van der Waals surface area contributed by atoms with Crippen LogP contribution in [0, 0.1) is 6.92 Å². The van der Waals surface area contributed by atoms with Crippen LogP contribution in [0.25, 0.3) is 0 Å². The molecule has 2 heterocycles. The minimum absolute atomic E-state index is 0.0249. The Morgan fingerprint density at radius 2 is 2.18 bits per heavy atom. The van der Waals surface area contributed by atoms with Crippen molar-refractivity contribution in [2.45, 2.75) is 25.3 Å². The predicted molar refractivity (Wildman–Crippen MR) is 87.1 cm³/mol. The van der Waals surface area contributed by atoms with Gasteiger partial charge in [-0.15, -0.1) is 0 Å². The van der Waals surface area contributed by atoms with Gasteiger partial charge in [-0.3, -0.25) is 9.48 Å². The first kappa shape index (κ1) is 15.1. The Bertz CT molecular complexity index is 663. The lowest BCUT2D eigenvalue weighted by molar-refractivity contribution is -0.126. The standard InChI is InChI=1S/C16H19ClN4O/c1-12-11-13(17)3-4-14(12)20-15(22)16(5-8-18-9-6-16)21-10-2-7-19-21/h2-4,7,10-11,18H,5-6,8-9H2,1H3,(H,20,22). The molecule has 22 heavy (non-hydrogen) atoms. The Hall–Kier alpha value is -1.85. The number of piperidine rings is 1. The summed E-state index contributed by atoms with van der Waals surface area (Å²) in [6.07, 6.45) is 5.00. The van der Waals surface area contributed by atoms with Gasteiger partial charge in [0.2, 0.25) is 0 Å². The van der Waals surface area contributed by atoms with Crippen LogP contribution in [0.4, 0.5) is 5.69 Å². The molecule has 116 valence electrons. The average molecular weight is 319 g/mol. The Labute approximate surface area is 134 Å². The molecule has 2 N–H and O–H groups in total. The summed E-state index contributed by atoms with van der Waals surface area (Å²) in [5.41, 5.74) is 1.10. The fourth-order valence-corrected chi connectivity index (χ4v) is 3.16. The van der Waals surface area contributed by atoms with E-state index in [0.717, 1.165) is 24.3 Å². The lowest BCUT2D eigenvalue weighted by Gasteiger charge is -2.36. The third-order valence-corrected chi connectivity index (χ3v) is 4.47. The third-order valence-electron chi connectivity index (χ3n) is 4.23. The number of rotatable bonds is 3. The quantitative estimate of drug-likeness (QED) is 0.914. The van der Waals surface area contributed by atoms with Crippen molar-refractivity contribution in [1.82, 2.24) is 15.1 Å². The van der Waals surface area contributed by atoms with E-state index in [9.17, 15) is 4.79 Å². The molecule has 0 unspecified atom stereocenters. The number of halogens is 1. The molecule has 0 aliphatic carbocycles. The Kier molecular flexibility index (Phi) is 4.18. The zero-order valence-corrected chi connectivity index (χ0v) is 13.2. The zero-order chi connectivity index (χ0) is 15.6. The first-order valence-corrected chi connectivity index (χ1v) is 7.78. The van der Waals surface area contributed by atoms with E-state index in [1.165, 1.54) is 0 Å². The number of nitrogens with zero attached hydrogens (tertiary/aromatic N) is 2. The van der Waals surface area contributed by atoms with E-state index in [1.54, 1.807) is 16.9 Å². The van der Waals surface area contributed by atoms with Crippen molar-refractivity contribution in [1.29, 1.82) is 0 Å². The second-order valence-corrected chi connectivity index (χ2v) is 6.08. The lowest BCUT2D eigenvalue weighted by Crippen LogP contribution is -2.52. The summed E-state index contributed by atoms with van der Waals surface area (Å²) in [5.74, 6) is -0.0249. The molecule has 6 heteroatoms. The van der Waals surface area contributed by atoms with Crippen LogP contribution in [0.2, 0.25) is 5.02 Å². The third kappa shape index (κ3) is 2.74. The Morgan fingerprint density at radius 1 is 1.41 bits per heavy atom. The van der Waals surface area contributed by atoms with Gasteiger partial charge >= 0.3 is 0 Å². The molecular weight excluding hydrogens is 300 g/mol. The van der Waals surface area contributed by atoms with Crippen LogP contribution in [0.15, 0.2) is 36.7 Å². The second kappa shape index (κ2) is 6.10. The highest BCUT2D eigenvalue weighted by molar-refractivity contribution is 6.30. The molecule has 0 bridgehead atoms. The van der Waals surface area contributed by atoms with Gasteiger partial charge in [0.1, 0.15) is 5.54 Å². The molecule has 0 radical (unpaired) electrons. The van der Waals surface area contributed by atoms with Crippen molar-refractivity contribution in [3.63, 3.8) is 0 Å². The van der Waals surface area contributed by atoms with Crippen LogP contribution >= 0.6 is 11.6 Å². The van der Waals surface area contributed by atoms with Gasteiger partial charge in [0.15, 0.2) is 0 Å². The molecule has 3 rings (SSSR count). The highest BCUT2D eigenvalue weighted by Gasteiger charge is 2.42. The van der Waals surface area contributed by atoms with E-state index < -0.39 is 5.54 Å². The fraction of sp³-hybridized carbons (Fsp3) is 0.375. The lowest BCUT2D eigenvalue weighted by atomic mass is 9.87. The molecule has 1 fully saturated rings. The monoisotopic (exact) mass is 318 g/mol. The van der Waals surface area contributed by atoms with Crippen molar-refractivity contribution >= 4 is 23.2 Å². The maximum absolute atomic E-state index is 13.0. The van der Waals surface area contributed by atoms with Gasteiger partial charge in [0, 0.05) is 23.1 Å². The molecule has 1 aliphatic heterocycles. The molecule has 2 aromatic rings. The van der Waals surface area contributed by atoms with Crippen molar-refractivity contribution in [2.24, 2.45) is 0 Å². The molecule has 0 saturated carbocycles. The van der Waals surface area contributed by atoms with Crippen LogP contribution < -0.4 is 10.6 Å². The number of carbonyl (C=O) groups is 1. The number of anilines is 1. The highest BCUT2D eigenvalue weighted by Crippen LogP contribution is 2.29. The number of carbonyl (C=O) groups excluding carboxylic acids is 1. The highest BCUT2D eigenvalue weighted by atomic mass is 35.5. The minimum atomic E-state index is -0.638. The number of hydrogen-bond donors (Lipinski definition) is 2. The average Bonchev–Trinajstić information content (AvgIpc) is 3.05. The molecule has 1 aromatic carbocycles. The van der Waals surface area contributed by atoms with E-state index in [-0.39, 0.29) is 5.91 Å². The maximum atomic E-state index is 13.0. The molecule has 1 saturated heterocycles. The van der Waals surface area contributed by atoms with Crippen LogP contribution in [-0.2, 0) is 10.3 Å². The van der Waals surface area contributed by atoms with Crippen molar-refractivity contribution in [3.8, 4) is 0 Å². The first-order chi connectivity index (χ1) is 10.6. The Morgan fingerprint density at radius 3 is 2.82 bits per heavy atom. The number of hydrogen-bond acceptors (Lipinski definition) is 3. The van der Waals surface area contributed by atoms with Gasteiger partial charge in [-0.25, -0.2) is 0 Å². The number of aromatic nitrogens is 2. The maximum Gasteiger partial charge on any atom is 0.252 e. The van der Waals surface area contributed by atoms with Gasteiger partial charge < -0.3 is 10.6 Å². The van der Waals surface area contributed by atoms with Gasteiger partial charge in [0.25, 0.3) is 5.91 Å². The van der Waals surface area contributed by atoms with Crippen molar-refractivity contribution < 1.29 is 4.79 Å². The largest absolute Gasteiger partial charge is 0.324 e. The Balaban J connectivity index is 1.90. The summed E-state index contributed by atoms with van der Waals surface area (Å²) in [4.78, 5) is 13.0. The van der Waals surface area contributed by atoms with E-state index in [4.69, 9.17) is 11.6 Å². The molecule has 1 aliphatic rings. The molecular formula is C16H19ClN4O. The van der Waals surface area contributed by atoms with Gasteiger partial charge in [-0.1, -0.05) is 11.6 Å². The molecule has 0 atom stereocenters. The molecule has 1 aromatic heterocycles. The second-order valence-electron chi connectivity index (χ2n) is 5.65. The number of benzene rings is 1. The number of nitrogens with one attached hydrogen (secondary N) is 2. The van der Waals surface area contributed by atoms with E-state index >= 15 is 0 Å². The van der Waals surface area contributed by atoms with Crippen molar-refractivity contribution in [2.75, 3.05) is 18.4 Å². The summed E-state index contributed by atoms with van der Waals surface area (Å²) in [6, 6.07) is 7.32. The molecule has 5 nitrogen and oxygen atoms in total. The number of aryl methyl sites for hydroxylation is 1. The SMILES string of the molecule is Cc1cc(Cl)ccc1NC(=O)C1(n2cccn2)CCNCC1. The molecule has 1 amide bonds. The summed E-state index contributed by atoms with van der Waals surface area (Å²) >= 11 is 5.98. The zero-order valence-electron chi connectivity index (χ0n) is 12.5. The predicted octanol–water partition coefficient (Wildman–Crippen LogP) is 2.56. The van der Waals surface area contributed by atoms with Crippen molar-refractivity contribution in [3.05, 3.63) is 47.2 Å². The first-order valence-electron chi connectivity index (χ1n) is 7.40. The summed E-state index contributed by atoms with van der Waals surface area (Å²) in [7, 11) is 0. The number of amides is 1. The summed E-state index contributed by atoms with van der Waals surface area (Å²) in [6.45, 7) is 3.53. The summed E-state index contributed by atoms with van der Waals surface area (Å²) < 4.78 is 1.79. The van der Waals surface area contributed by atoms with Crippen LogP contribution in [0.5, 0.6) is 0 Å². The summed E-state index contributed by atoms with van der Waals surface area (Å²) in [5, 5.41) is 11.3.